The minimum Gasteiger partial charge on any atom is -0.337 e. The van der Waals surface area contributed by atoms with Crippen LogP contribution < -0.4 is 10.9 Å². The summed E-state index contributed by atoms with van der Waals surface area (Å²) < 4.78 is 4.08. The monoisotopic (exact) mass is 541 g/mol. The van der Waals surface area contributed by atoms with Gasteiger partial charge in [-0.3, -0.25) is 9.59 Å². The summed E-state index contributed by atoms with van der Waals surface area (Å²) in [5, 5.41) is 8.94. The van der Waals surface area contributed by atoms with Gasteiger partial charge in [-0.15, -0.1) is 0 Å². The molecule has 0 aliphatic carbocycles. The number of nitrogens with one attached hydrogen (secondary N) is 1. The molecule has 7 nitrogen and oxygen atoms in total. The summed E-state index contributed by atoms with van der Waals surface area (Å²) in [5.74, 6) is 0.482. The lowest BCUT2D eigenvalue weighted by atomic mass is 10.2. The van der Waals surface area contributed by atoms with Crippen LogP contribution in [0.4, 0.5) is 5.69 Å². The van der Waals surface area contributed by atoms with Gasteiger partial charge in [-0.05, 0) is 42.8 Å². The van der Waals surface area contributed by atoms with Crippen LogP contribution in [0.1, 0.15) is 24.7 Å². The van der Waals surface area contributed by atoms with Crippen molar-refractivity contribution in [2.24, 2.45) is 5.10 Å². The van der Waals surface area contributed by atoms with Crippen molar-refractivity contribution < 1.29 is 4.79 Å². The highest BCUT2D eigenvalue weighted by Crippen LogP contribution is 2.21. The van der Waals surface area contributed by atoms with Gasteiger partial charge >= 0.3 is 0 Å². The minimum absolute atomic E-state index is 0.129. The number of benzene rings is 3. The van der Waals surface area contributed by atoms with Crippen LogP contribution in [0.3, 0.4) is 0 Å². The molecule has 0 aliphatic heterocycles. The van der Waals surface area contributed by atoms with E-state index in [2.05, 4.69) is 26.3 Å². The highest BCUT2D eigenvalue weighted by Gasteiger charge is 2.13. The molecule has 0 saturated heterocycles. The Morgan fingerprint density at radius 1 is 1.06 bits per heavy atom. The van der Waals surface area contributed by atoms with E-state index in [1.165, 1.54) is 4.68 Å². The average molecular weight is 542 g/mol. The number of aryl methyl sites for hydroxylation is 1. The summed E-state index contributed by atoms with van der Waals surface area (Å²) >= 11 is 3.44. The predicted octanol–water partition coefficient (Wildman–Crippen LogP) is 5.59. The molecule has 180 valence electrons. The summed E-state index contributed by atoms with van der Waals surface area (Å²) in [5.41, 5.74) is 2.90. The summed E-state index contributed by atoms with van der Waals surface area (Å²) in [7, 11) is 0. The largest absolute Gasteiger partial charge is 0.337 e. The van der Waals surface area contributed by atoms with E-state index in [0.29, 0.717) is 23.1 Å². The topological polar surface area (TPSA) is 81.3 Å². The minimum atomic E-state index is -0.216. The third-order valence-electron chi connectivity index (χ3n) is 5.85. The highest BCUT2D eigenvalue weighted by atomic mass is 79.9. The van der Waals surface area contributed by atoms with Crippen LogP contribution >= 0.6 is 15.9 Å². The first-order valence-electron chi connectivity index (χ1n) is 11.7. The Labute approximate surface area is 216 Å². The first-order chi connectivity index (χ1) is 17.5. The predicted molar refractivity (Wildman–Crippen MR) is 148 cm³/mol. The number of fused-ring (bicyclic) bond motifs is 2. The van der Waals surface area contributed by atoms with E-state index in [-0.39, 0.29) is 18.0 Å². The van der Waals surface area contributed by atoms with Crippen LogP contribution in [-0.4, -0.2) is 26.3 Å². The summed E-state index contributed by atoms with van der Waals surface area (Å²) in [6.07, 6.45) is 5.01. The molecule has 0 unspecified atom stereocenters. The molecule has 0 fully saturated rings. The number of para-hydroxylation sites is 2. The molecule has 5 aromatic rings. The van der Waals surface area contributed by atoms with Gasteiger partial charge in [-0.1, -0.05) is 59.3 Å². The van der Waals surface area contributed by atoms with Gasteiger partial charge in [0.15, 0.2) is 0 Å². The number of carbonyl (C=O) groups excluding carboxylic acids is 1. The van der Waals surface area contributed by atoms with Crippen molar-refractivity contribution in [2.45, 2.75) is 26.3 Å². The quantitative estimate of drug-likeness (QED) is 0.273. The van der Waals surface area contributed by atoms with E-state index in [1.807, 2.05) is 84.4 Å². The molecule has 36 heavy (non-hydrogen) atoms. The van der Waals surface area contributed by atoms with E-state index < -0.39 is 0 Å². The van der Waals surface area contributed by atoms with Gasteiger partial charge < -0.3 is 9.88 Å². The average Bonchev–Trinajstić information content (AvgIpc) is 3.22. The Bertz CT molecular complexity index is 1650. The molecule has 1 amide bonds. The Morgan fingerprint density at radius 3 is 2.64 bits per heavy atom. The van der Waals surface area contributed by atoms with Gasteiger partial charge in [0.1, 0.15) is 12.4 Å². The fourth-order valence-electron chi connectivity index (χ4n) is 4.20. The normalized spacial score (nSPS) is 11.5. The lowest BCUT2D eigenvalue weighted by molar-refractivity contribution is -0.116. The summed E-state index contributed by atoms with van der Waals surface area (Å²) in [6.45, 7) is 2.19. The van der Waals surface area contributed by atoms with Gasteiger partial charge in [-0.2, -0.15) is 9.78 Å². The number of halogens is 1. The maximum Gasteiger partial charge on any atom is 0.282 e. The Balaban J connectivity index is 1.52. The molecule has 1 N–H and O–H groups in total. The maximum atomic E-state index is 13.3. The number of hydrogen-bond acceptors (Lipinski definition) is 4. The third-order valence-corrected chi connectivity index (χ3v) is 6.35. The molecule has 3 aromatic carbocycles. The molecule has 0 atom stereocenters. The highest BCUT2D eigenvalue weighted by molar-refractivity contribution is 9.10. The number of aromatic nitrogens is 3. The Kier molecular flexibility index (Phi) is 6.77. The zero-order valence-electron chi connectivity index (χ0n) is 19.7. The van der Waals surface area contributed by atoms with Gasteiger partial charge in [0.2, 0.25) is 5.91 Å². The van der Waals surface area contributed by atoms with Crippen molar-refractivity contribution in [3.63, 3.8) is 0 Å². The van der Waals surface area contributed by atoms with Crippen molar-refractivity contribution >= 4 is 55.5 Å². The number of nitrogens with zero attached hydrogens (tertiary/aromatic N) is 4. The van der Waals surface area contributed by atoms with E-state index in [4.69, 9.17) is 4.98 Å². The standard InChI is InChI=1S/C28H24BrN5O2/c1-2-8-26-32-24-14-13-20(29)15-23(24)28(36)34(26)30-16-19-17-33(25-12-7-6-11-22(19)25)18-27(35)31-21-9-4-3-5-10-21/h3-7,9-17H,2,8,18H2,1H3,(H,31,35). The summed E-state index contributed by atoms with van der Waals surface area (Å²) in [4.78, 5) is 30.7. The molecule has 0 saturated carbocycles. The van der Waals surface area contributed by atoms with Gasteiger partial charge in [-0.25, -0.2) is 4.98 Å². The zero-order valence-corrected chi connectivity index (χ0v) is 21.3. The molecule has 2 heterocycles. The lowest BCUT2D eigenvalue weighted by Gasteiger charge is -2.08. The molecule has 0 bridgehead atoms. The third kappa shape index (κ3) is 4.85. The van der Waals surface area contributed by atoms with E-state index in [0.717, 1.165) is 33.0 Å². The molecule has 8 heteroatoms. The lowest BCUT2D eigenvalue weighted by Crippen LogP contribution is -2.22. The number of rotatable bonds is 7. The fourth-order valence-corrected chi connectivity index (χ4v) is 4.57. The second-order valence-corrected chi connectivity index (χ2v) is 9.36. The van der Waals surface area contributed by atoms with Crippen molar-refractivity contribution in [3.8, 4) is 0 Å². The van der Waals surface area contributed by atoms with E-state index in [1.54, 1.807) is 12.3 Å². The number of carbonyl (C=O) groups is 1. The van der Waals surface area contributed by atoms with Crippen LogP contribution in [0.15, 0.2) is 93.4 Å². The van der Waals surface area contributed by atoms with Crippen LogP contribution in [0.2, 0.25) is 0 Å². The maximum absolute atomic E-state index is 13.3. The molecule has 0 radical (unpaired) electrons. The van der Waals surface area contributed by atoms with E-state index >= 15 is 0 Å². The van der Waals surface area contributed by atoms with Gasteiger partial charge in [0, 0.05) is 39.2 Å². The smallest absolute Gasteiger partial charge is 0.282 e. The number of hydrogen-bond donors (Lipinski definition) is 1. The molecule has 2 aromatic heterocycles. The first-order valence-corrected chi connectivity index (χ1v) is 12.5. The zero-order chi connectivity index (χ0) is 25.1. The van der Waals surface area contributed by atoms with Crippen LogP contribution in [0.25, 0.3) is 21.8 Å². The molecular formula is C28H24BrN5O2. The van der Waals surface area contributed by atoms with Gasteiger partial charge in [0.05, 0.1) is 17.1 Å². The van der Waals surface area contributed by atoms with Crippen LogP contribution in [0.5, 0.6) is 0 Å². The fraction of sp³-hybridized carbons (Fsp3) is 0.143. The van der Waals surface area contributed by atoms with Crippen LogP contribution in [-0.2, 0) is 17.8 Å². The number of anilines is 1. The van der Waals surface area contributed by atoms with E-state index in [9.17, 15) is 9.59 Å². The SMILES string of the molecule is CCCc1nc2ccc(Br)cc2c(=O)n1N=Cc1cn(CC(=O)Nc2ccccc2)c2ccccc12. The summed E-state index contributed by atoms with van der Waals surface area (Å²) in [6, 6.07) is 22.7. The molecular weight excluding hydrogens is 518 g/mol. The van der Waals surface area contributed by atoms with Crippen molar-refractivity contribution in [1.29, 1.82) is 0 Å². The Morgan fingerprint density at radius 2 is 1.83 bits per heavy atom. The van der Waals surface area contributed by atoms with Crippen molar-refractivity contribution in [3.05, 3.63) is 105 Å². The molecule has 5 rings (SSSR count). The molecule has 0 spiro atoms. The number of amides is 1. The molecule has 0 aliphatic rings. The Hall–Kier alpha value is -4.04. The van der Waals surface area contributed by atoms with Crippen molar-refractivity contribution in [1.82, 2.24) is 14.2 Å². The second kappa shape index (κ2) is 10.3. The first kappa shape index (κ1) is 23.7. The second-order valence-electron chi connectivity index (χ2n) is 8.44. The van der Waals surface area contributed by atoms with Gasteiger partial charge in [0.25, 0.3) is 5.56 Å². The van der Waals surface area contributed by atoms with Crippen LogP contribution in [0, 0.1) is 0 Å². The van der Waals surface area contributed by atoms with Crippen molar-refractivity contribution in [2.75, 3.05) is 5.32 Å².